The molecule has 32 heavy (non-hydrogen) atoms. The van der Waals surface area contributed by atoms with Crippen molar-refractivity contribution in [1.29, 1.82) is 0 Å². The summed E-state index contributed by atoms with van der Waals surface area (Å²) in [6.45, 7) is 0.660. The van der Waals surface area contributed by atoms with Crippen molar-refractivity contribution in [2.24, 2.45) is 0 Å². The SMILES string of the molecule is O=c1c2c(F)ccn2nc([C@@H]2CCCN2c2ncnc3nc[nH]c23)n1-c1cccc(F)c1. The molecule has 5 heterocycles. The number of benzene rings is 1. The van der Waals surface area contributed by atoms with Crippen LogP contribution in [0.1, 0.15) is 24.7 Å². The van der Waals surface area contributed by atoms with Crippen LogP contribution in [0.25, 0.3) is 22.4 Å². The van der Waals surface area contributed by atoms with E-state index in [1.807, 2.05) is 4.90 Å². The Bertz CT molecular complexity index is 1540. The molecule has 4 aromatic heterocycles. The molecule has 0 unspecified atom stereocenters. The zero-order valence-corrected chi connectivity index (χ0v) is 16.6. The molecular weight excluding hydrogens is 418 g/mol. The first-order valence-electron chi connectivity index (χ1n) is 10.1. The van der Waals surface area contributed by atoms with Gasteiger partial charge in [0.2, 0.25) is 0 Å². The van der Waals surface area contributed by atoms with E-state index in [1.54, 1.807) is 12.4 Å². The highest BCUT2D eigenvalue weighted by atomic mass is 19.1. The molecule has 1 aliphatic rings. The van der Waals surface area contributed by atoms with Crippen molar-refractivity contribution < 1.29 is 8.78 Å². The van der Waals surface area contributed by atoms with E-state index in [-0.39, 0.29) is 17.2 Å². The number of imidazole rings is 1. The van der Waals surface area contributed by atoms with Gasteiger partial charge in [-0.2, -0.15) is 5.10 Å². The summed E-state index contributed by atoms with van der Waals surface area (Å²) in [5.74, 6) is -0.187. The van der Waals surface area contributed by atoms with Crippen LogP contribution in [0.5, 0.6) is 0 Å². The maximum absolute atomic E-state index is 14.4. The summed E-state index contributed by atoms with van der Waals surface area (Å²) >= 11 is 0. The highest BCUT2D eigenvalue weighted by Gasteiger charge is 2.34. The van der Waals surface area contributed by atoms with Crippen molar-refractivity contribution in [2.75, 3.05) is 11.4 Å². The number of fused-ring (bicyclic) bond motifs is 2. The predicted octanol–water partition coefficient (Wildman–Crippen LogP) is 2.77. The number of nitrogens with zero attached hydrogens (tertiary/aromatic N) is 7. The number of hydrogen-bond donors (Lipinski definition) is 1. The van der Waals surface area contributed by atoms with Gasteiger partial charge < -0.3 is 9.88 Å². The third-order valence-electron chi connectivity index (χ3n) is 5.75. The molecule has 0 aliphatic carbocycles. The average Bonchev–Trinajstić information content (AvgIpc) is 3.53. The molecule has 1 aliphatic heterocycles. The highest BCUT2D eigenvalue weighted by molar-refractivity contribution is 5.83. The van der Waals surface area contributed by atoms with Gasteiger partial charge in [0.25, 0.3) is 5.56 Å². The number of hydrogen-bond acceptors (Lipinski definition) is 6. The molecule has 5 aromatic rings. The minimum absolute atomic E-state index is 0.194. The summed E-state index contributed by atoms with van der Waals surface area (Å²) in [6, 6.07) is 6.46. The van der Waals surface area contributed by atoms with E-state index in [0.717, 1.165) is 6.42 Å². The van der Waals surface area contributed by atoms with Crippen LogP contribution < -0.4 is 10.5 Å². The van der Waals surface area contributed by atoms with E-state index in [9.17, 15) is 13.6 Å². The minimum Gasteiger partial charge on any atom is -0.344 e. The summed E-state index contributed by atoms with van der Waals surface area (Å²) in [5.41, 5.74) is 0.679. The smallest absolute Gasteiger partial charge is 0.285 e. The molecule has 0 saturated carbocycles. The Balaban J connectivity index is 1.61. The molecule has 9 nitrogen and oxygen atoms in total. The van der Waals surface area contributed by atoms with Crippen molar-refractivity contribution in [1.82, 2.24) is 34.1 Å². The van der Waals surface area contributed by atoms with Crippen LogP contribution in [-0.4, -0.2) is 40.7 Å². The normalized spacial score (nSPS) is 16.4. The van der Waals surface area contributed by atoms with Crippen LogP contribution in [0.3, 0.4) is 0 Å². The first-order chi connectivity index (χ1) is 15.6. The molecular formula is C21H16F2N8O. The van der Waals surface area contributed by atoms with Gasteiger partial charge >= 0.3 is 0 Å². The summed E-state index contributed by atoms with van der Waals surface area (Å²) in [4.78, 5) is 31.3. The standard InChI is InChI=1S/C21H16F2N8O/c22-12-3-1-4-13(9-12)31-19(28-30-8-6-14(23)17(30)21(31)32)15-5-2-7-29(15)20-16-18(25-10-24-16)26-11-27-20/h1,3-4,6,8-11,15H,2,5,7H2,(H,24,25,26,27)/t15-/m0/s1. The quantitative estimate of drug-likeness (QED) is 0.469. The van der Waals surface area contributed by atoms with Gasteiger partial charge in [-0.05, 0) is 37.1 Å². The first kappa shape index (κ1) is 18.6. The summed E-state index contributed by atoms with van der Waals surface area (Å²) in [6.07, 6.45) is 5.88. The van der Waals surface area contributed by atoms with Gasteiger partial charge in [0.05, 0.1) is 18.1 Å². The Morgan fingerprint density at radius 2 is 2.03 bits per heavy atom. The van der Waals surface area contributed by atoms with Crippen LogP contribution in [0.15, 0.2) is 54.0 Å². The fourth-order valence-corrected chi connectivity index (χ4v) is 4.39. The van der Waals surface area contributed by atoms with Gasteiger partial charge in [-0.1, -0.05) is 6.07 Å². The zero-order valence-electron chi connectivity index (χ0n) is 16.6. The topological polar surface area (TPSA) is 97.0 Å². The van der Waals surface area contributed by atoms with Crippen LogP contribution >= 0.6 is 0 Å². The molecule has 6 rings (SSSR count). The lowest BCUT2D eigenvalue weighted by Crippen LogP contribution is -2.33. The van der Waals surface area contributed by atoms with Gasteiger partial charge in [-0.3, -0.25) is 9.36 Å². The fraction of sp³-hybridized carbons (Fsp3) is 0.190. The van der Waals surface area contributed by atoms with Gasteiger partial charge in [0.15, 0.2) is 28.6 Å². The second-order valence-electron chi connectivity index (χ2n) is 7.59. The Kier molecular flexibility index (Phi) is 4.03. The molecule has 1 saturated heterocycles. The van der Waals surface area contributed by atoms with Gasteiger partial charge in [0, 0.05) is 12.7 Å². The van der Waals surface area contributed by atoms with Crippen molar-refractivity contribution in [3.05, 3.63) is 77.0 Å². The van der Waals surface area contributed by atoms with Gasteiger partial charge in [-0.15, -0.1) is 0 Å². The molecule has 1 aromatic carbocycles. The fourth-order valence-electron chi connectivity index (χ4n) is 4.39. The molecule has 11 heteroatoms. The predicted molar refractivity (Wildman–Crippen MR) is 112 cm³/mol. The number of nitrogens with one attached hydrogen (secondary N) is 1. The van der Waals surface area contributed by atoms with E-state index in [2.05, 4.69) is 25.0 Å². The van der Waals surface area contributed by atoms with Crippen LogP contribution in [-0.2, 0) is 0 Å². The maximum Gasteiger partial charge on any atom is 0.285 e. The van der Waals surface area contributed by atoms with E-state index in [4.69, 9.17) is 0 Å². The molecule has 160 valence electrons. The molecule has 0 radical (unpaired) electrons. The Morgan fingerprint density at radius 1 is 1.12 bits per heavy atom. The molecule has 0 amide bonds. The van der Waals surface area contributed by atoms with Crippen molar-refractivity contribution >= 4 is 22.5 Å². The molecule has 1 fully saturated rings. The van der Waals surface area contributed by atoms with Crippen LogP contribution in [0.2, 0.25) is 0 Å². The first-order valence-corrected chi connectivity index (χ1v) is 10.1. The highest BCUT2D eigenvalue weighted by Crippen LogP contribution is 2.36. The minimum atomic E-state index is -0.683. The zero-order chi connectivity index (χ0) is 21.8. The van der Waals surface area contributed by atoms with Crippen molar-refractivity contribution in [3.63, 3.8) is 0 Å². The lowest BCUT2D eigenvalue weighted by atomic mass is 10.2. The molecule has 1 atom stereocenters. The second-order valence-corrected chi connectivity index (χ2v) is 7.59. The van der Waals surface area contributed by atoms with Crippen LogP contribution in [0.4, 0.5) is 14.6 Å². The monoisotopic (exact) mass is 434 g/mol. The van der Waals surface area contributed by atoms with E-state index in [1.165, 1.54) is 45.9 Å². The maximum atomic E-state index is 14.4. The summed E-state index contributed by atoms with van der Waals surface area (Å²) < 4.78 is 31.0. The second kappa shape index (κ2) is 6.94. The molecule has 0 bridgehead atoms. The third kappa shape index (κ3) is 2.70. The lowest BCUT2D eigenvalue weighted by Gasteiger charge is -2.27. The Hall–Kier alpha value is -4.15. The number of anilines is 1. The molecule has 0 spiro atoms. The number of aromatic nitrogens is 7. The van der Waals surface area contributed by atoms with Crippen LogP contribution in [0, 0.1) is 11.6 Å². The van der Waals surface area contributed by atoms with Gasteiger partial charge in [0.1, 0.15) is 17.7 Å². The average molecular weight is 434 g/mol. The van der Waals surface area contributed by atoms with Gasteiger partial charge in [-0.25, -0.2) is 28.2 Å². The third-order valence-corrected chi connectivity index (χ3v) is 5.75. The summed E-state index contributed by atoms with van der Waals surface area (Å²) in [5, 5.41) is 4.59. The lowest BCUT2D eigenvalue weighted by molar-refractivity contribution is 0.589. The number of halogens is 2. The number of H-pyrrole nitrogens is 1. The van der Waals surface area contributed by atoms with E-state index in [0.29, 0.717) is 35.8 Å². The van der Waals surface area contributed by atoms with Crippen molar-refractivity contribution in [2.45, 2.75) is 18.9 Å². The van der Waals surface area contributed by atoms with E-state index >= 15 is 0 Å². The van der Waals surface area contributed by atoms with Crippen molar-refractivity contribution in [3.8, 4) is 5.69 Å². The molecule has 1 N–H and O–H groups in total. The number of aromatic amines is 1. The summed E-state index contributed by atoms with van der Waals surface area (Å²) in [7, 11) is 0. The van der Waals surface area contributed by atoms with E-state index < -0.39 is 17.2 Å². The number of rotatable bonds is 3. The Labute approximate surface area is 179 Å². The largest absolute Gasteiger partial charge is 0.344 e. The Morgan fingerprint density at radius 3 is 2.91 bits per heavy atom.